The van der Waals surface area contributed by atoms with Gasteiger partial charge in [-0.2, -0.15) is 0 Å². The van der Waals surface area contributed by atoms with Crippen LogP contribution in [0, 0.1) is 0 Å². The molecule has 0 aliphatic heterocycles. The SMILES string of the molecule is COCCNC(=O)C(C)OCCCNCc1ccccc1. The van der Waals surface area contributed by atoms with Gasteiger partial charge in [0, 0.05) is 26.8 Å². The molecule has 0 aliphatic carbocycles. The van der Waals surface area contributed by atoms with E-state index in [0.717, 1.165) is 19.5 Å². The molecule has 1 atom stereocenters. The van der Waals surface area contributed by atoms with Crippen LogP contribution in [0.15, 0.2) is 30.3 Å². The number of nitrogens with one attached hydrogen (secondary N) is 2. The van der Waals surface area contributed by atoms with Crippen molar-refractivity contribution in [3.05, 3.63) is 35.9 Å². The third-order valence-corrected chi connectivity index (χ3v) is 3.01. The van der Waals surface area contributed by atoms with Crippen LogP contribution >= 0.6 is 0 Å². The number of hydrogen-bond donors (Lipinski definition) is 2. The molecule has 1 aromatic carbocycles. The Balaban J connectivity index is 1.99. The highest BCUT2D eigenvalue weighted by Crippen LogP contribution is 1.97. The largest absolute Gasteiger partial charge is 0.383 e. The first-order valence-electron chi connectivity index (χ1n) is 7.37. The Labute approximate surface area is 127 Å². The van der Waals surface area contributed by atoms with Crippen LogP contribution in [0.4, 0.5) is 0 Å². The van der Waals surface area contributed by atoms with E-state index in [1.54, 1.807) is 14.0 Å². The average Bonchev–Trinajstić information content (AvgIpc) is 2.51. The molecule has 1 amide bonds. The predicted octanol–water partition coefficient (Wildman–Crippen LogP) is 1.33. The summed E-state index contributed by atoms with van der Waals surface area (Å²) >= 11 is 0. The molecule has 1 rings (SSSR count). The van der Waals surface area contributed by atoms with Crippen LogP contribution in [0.25, 0.3) is 0 Å². The minimum atomic E-state index is -0.420. The molecule has 5 heteroatoms. The van der Waals surface area contributed by atoms with Gasteiger partial charge in [-0.05, 0) is 25.5 Å². The summed E-state index contributed by atoms with van der Waals surface area (Å²) in [5.41, 5.74) is 1.27. The first-order valence-corrected chi connectivity index (χ1v) is 7.37. The standard InChI is InChI=1S/C16H26N2O3/c1-14(16(19)18-10-12-20-2)21-11-6-9-17-13-15-7-4-3-5-8-15/h3-5,7-8,14,17H,6,9-13H2,1-2H3,(H,18,19). The maximum Gasteiger partial charge on any atom is 0.248 e. The monoisotopic (exact) mass is 294 g/mol. The molecule has 2 N–H and O–H groups in total. The first kappa shape index (κ1) is 17.6. The van der Waals surface area contributed by atoms with E-state index in [2.05, 4.69) is 22.8 Å². The molecule has 0 aliphatic rings. The molecular weight excluding hydrogens is 268 g/mol. The Morgan fingerprint density at radius 3 is 2.67 bits per heavy atom. The summed E-state index contributed by atoms with van der Waals surface area (Å²) in [6, 6.07) is 10.3. The zero-order chi connectivity index (χ0) is 15.3. The van der Waals surface area contributed by atoms with E-state index in [1.165, 1.54) is 5.56 Å². The fourth-order valence-corrected chi connectivity index (χ4v) is 1.78. The Morgan fingerprint density at radius 2 is 1.95 bits per heavy atom. The maximum atomic E-state index is 11.6. The number of methoxy groups -OCH3 is 1. The van der Waals surface area contributed by atoms with Gasteiger partial charge in [-0.15, -0.1) is 0 Å². The summed E-state index contributed by atoms with van der Waals surface area (Å²) in [4.78, 5) is 11.6. The minimum absolute atomic E-state index is 0.0932. The fraction of sp³-hybridized carbons (Fsp3) is 0.562. The van der Waals surface area contributed by atoms with Gasteiger partial charge in [0.2, 0.25) is 5.91 Å². The quantitative estimate of drug-likeness (QED) is 0.605. The second-order valence-corrected chi connectivity index (χ2v) is 4.81. The second-order valence-electron chi connectivity index (χ2n) is 4.81. The lowest BCUT2D eigenvalue weighted by Crippen LogP contribution is -2.36. The van der Waals surface area contributed by atoms with Crippen LogP contribution < -0.4 is 10.6 Å². The van der Waals surface area contributed by atoms with Gasteiger partial charge in [-0.25, -0.2) is 0 Å². The molecule has 0 saturated carbocycles. The highest BCUT2D eigenvalue weighted by atomic mass is 16.5. The first-order chi connectivity index (χ1) is 10.2. The zero-order valence-corrected chi connectivity index (χ0v) is 12.9. The van der Waals surface area contributed by atoms with Crippen molar-refractivity contribution in [1.82, 2.24) is 10.6 Å². The fourth-order valence-electron chi connectivity index (χ4n) is 1.78. The molecule has 0 bridgehead atoms. The van der Waals surface area contributed by atoms with Crippen molar-refractivity contribution in [2.75, 3.05) is 33.4 Å². The van der Waals surface area contributed by atoms with Gasteiger partial charge in [0.15, 0.2) is 0 Å². The van der Waals surface area contributed by atoms with Crippen LogP contribution in [0.2, 0.25) is 0 Å². The summed E-state index contributed by atoms with van der Waals surface area (Å²) < 4.78 is 10.4. The third-order valence-electron chi connectivity index (χ3n) is 3.01. The van der Waals surface area contributed by atoms with E-state index in [0.29, 0.717) is 19.8 Å². The Kier molecular flexibility index (Phi) is 9.44. The summed E-state index contributed by atoms with van der Waals surface area (Å²) in [5.74, 6) is -0.0932. The summed E-state index contributed by atoms with van der Waals surface area (Å²) in [5, 5.41) is 6.10. The minimum Gasteiger partial charge on any atom is -0.383 e. The lowest BCUT2D eigenvalue weighted by Gasteiger charge is -2.13. The topological polar surface area (TPSA) is 59.6 Å². The van der Waals surface area contributed by atoms with Gasteiger partial charge >= 0.3 is 0 Å². The van der Waals surface area contributed by atoms with Crippen molar-refractivity contribution in [2.24, 2.45) is 0 Å². The molecular formula is C16H26N2O3. The number of hydrogen-bond acceptors (Lipinski definition) is 4. The van der Waals surface area contributed by atoms with Gasteiger partial charge < -0.3 is 20.1 Å². The summed E-state index contributed by atoms with van der Waals surface area (Å²) in [6.07, 6.45) is 0.457. The van der Waals surface area contributed by atoms with Crippen molar-refractivity contribution in [2.45, 2.75) is 26.0 Å². The molecule has 0 heterocycles. The molecule has 1 unspecified atom stereocenters. The maximum absolute atomic E-state index is 11.6. The Morgan fingerprint density at radius 1 is 1.19 bits per heavy atom. The average molecular weight is 294 g/mol. The van der Waals surface area contributed by atoms with Gasteiger partial charge in [-0.1, -0.05) is 30.3 Å². The Hall–Kier alpha value is -1.43. The van der Waals surface area contributed by atoms with Crippen molar-refractivity contribution in [3.8, 4) is 0 Å². The van der Waals surface area contributed by atoms with Crippen molar-refractivity contribution >= 4 is 5.91 Å². The van der Waals surface area contributed by atoms with E-state index in [1.807, 2.05) is 18.2 Å². The Bertz CT molecular complexity index is 384. The van der Waals surface area contributed by atoms with Crippen LogP contribution in [0.5, 0.6) is 0 Å². The highest BCUT2D eigenvalue weighted by molar-refractivity contribution is 5.80. The van der Waals surface area contributed by atoms with Gasteiger partial charge in [0.05, 0.1) is 6.61 Å². The smallest absolute Gasteiger partial charge is 0.248 e. The summed E-state index contributed by atoms with van der Waals surface area (Å²) in [6.45, 7) is 5.09. The van der Waals surface area contributed by atoms with E-state index < -0.39 is 6.10 Å². The van der Waals surface area contributed by atoms with Crippen LogP contribution in [0.3, 0.4) is 0 Å². The number of amides is 1. The number of carbonyl (C=O) groups is 1. The van der Waals surface area contributed by atoms with E-state index in [-0.39, 0.29) is 5.91 Å². The van der Waals surface area contributed by atoms with Gasteiger partial charge in [0.1, 0.15) is 6.10 Å². The van der Waals surface area contributed by atoms with Crippen molar-refractivity contribution in [3.63, 3.8) is 0 Å². The van der Waals surface area contributed by atoms with E-state index in [9.17, 15) is 4.79 Å². The van der Waals surface area contributed by atoms with Crippen LogP contribution in [-0.4, -0.2) is 45.4 Å². The zero-order valence-electron chi connectivity index (χ0n) is 12.9. The molecule has 118 valence electrons. The molecule has 0 saturated heterocycles. The number of benzene rings is 1. The number of carbonyl (C=O) groups excluding carboxylic acids is 1. The molecule has 0 radical (unpaired) electrons. The van der Waals surface area contributed by atoms with Crippen LogP contribution in [0.1, 0.15) is 18.9 Å². The van der Waals surface area contributed by atoms with Crippen molar-refractivity contribution in [1.29, 1.82) is 0 Å². The molecule has 5 nitrogen and oxygen atoms in total. The summed E-state index contributed by atoms with van der Waals surface area (Å²) in [7, 11) is 1.61. The lowest BCUT2D eigenvalue weighted by molar-refractivity contribution is -0.131. The third kappa shape index (κ3) is 8.45. The highest BCUT2D eigenvalue weighted by Gasteiger charge is 2.11. The lowest BCUT2D eigenvalue weighted by atomic mass is 10.2. The molecule has 0 spiro atoms. The molecule has 0 aromatic heterocycles. The van der Waals surface area contributed by atoms with E-state index in [4.69, 9.17) is 9.47 Å². The molecule has 1 aromatic rings. The molecule has 21 heavy (non-hydrogen) atoms. The predicted molar refractivity (Wildman–Crippen MR) is 83.1 cm³/mol. The van der Waals surface area contributed by atoms with E-state index >= 15 is 0 Å². The molecule has 0 fully saturated rings. The van der Waals surface area contributed by atoms with Gasteiger partial charge in [0.25, 0.3) is 0 Å². The normalized spacial score (nSPS) is 12.1. The van der Waals surface area contributed by atoms with Crippen molar-refractivity contribution < 1.29 is 14.3 Å². The number of rotatable bonds is 11. The second kappa shape index (κ2) is 11.3. The number of ether oxygens (including phenoxy) is 2. The van der Waals surface area contributed by atoms with Gasteiger partial charge in [-0.3, -0.25) is 4.79 Å². The van der Waals surface area contributed by atoms with Crippen LogP contribution in [-0.2, 0) is 20.8 Å².